The zero-order chi connectivity index (χ0) is 16.0. The maximum absolute atomic E-state index is 11.8. The van der Waals surface area contributed by atoms with Gasteiger partial charge in [0.1, 0.15) is 4.21 Å². The highest BCUT2D eigenvalue weighted by Crippen LogP contribution is 2.21. The van der Waals surface area contributed by atoms with Gasteiger partial charge >= 0.3 is 0 Å². The highest BCUT2D eigenvalue weighted by Gasteiger charge is 2.14. The van der Waals surface area contributed by atoms with Crippen LogP contribution in [0.5, 0.6) is 0 Å². The van der Waals surface area contributed by atoms with Crippen LogP contribution in [0.25, 0.3) is 0 Å². The summed E-state index contributed by atoms with van der Waals surface area (Å²) in [6, 6.07) is 13.1. The number of amides is 1. The second kappa shape index (κ2) is 7.53. The van der Waals surface area contributed by atoms with Crippen molar-refractivity contribution in [3.05, 3.63) is 52.9 Å². The number of hydrogen-bond donors (Lipinski definition) is 2. The van der Waals surface area contributed by atoms with Gasteiger partial charge in [-0.1, -0.05) is 30.3 Å². The second-order valence-corrected chi connectivity index (χ2v) is 7.97. The molecule has 0 saturated heterocycles. The Bertz CT molecular complexity index is 724. The van der Waals surface area contributed by atoms with Gasteiger partial charge in [0.15, 0.2) is 0 Å². The maximum atomic E-state index is 11.8. The molecule has 1 aromatic heterocycles. The number of nitrogens with one attached hydrogen (secondary N) is 2. The quantitative estimate of drug-likeness (QED) is 0.810. The molecule has 0 bridgehead atoms. The number of thiophene rings is 1. The molecule has 2 rings (SSSR count). The lowest BCUT2D eigenvalue weighted by Crippen LogP contribution is -2.22. The fourth-order valence-electron chi connectivity index (χ4n) is 1.87. The summed E-state index contributed by atoms with van der Waals surface area (Å²) >= 11 is 1.16. The number of benzene rings is 1. The molecule has 0 radical (unpaired) electrons. The predicted octanol–water partition coefficient (Wildman–Crippen LogP) is 1.91. The van der Waals surface area contributed by atoms with E-state index in [4.69, 9.17) is 0 Å². The molecule has 0 unspecified atom stereocenters. The first kappa shape index (κ1) is 16.7. The third-order valence-corrected chi connectivity index (χ3v) is 6.11. The number of rotatable bonds is 7. The molecule has 0 aliphatic carbocycles. The lowest BCUT2D eigenvalue weighted by Gasteiger charge is -2.04. The average Bonchev–Trinajstić information content (AvgIpc) is 3.02. The van der Waals surface area contributed by atoms with E-state index in [2.05, 4.69) is 10.0 Å². The van der Waals surface area contributed by atoms with E-state index in [0.29, 0.717) is 19.4 Å². The average molecular weight is 338 g/mol. The monoisotopic (exact) mass is 338 g/mol. The molecular formula is C15H18N2O3S2. The molecule has 5 nitrogen and oxygen atoms in total. The van der Waals surface area contributed by atoms with E-state index in [1.54, 1.807) is 12.1 Å². The summed E-state index contributed by atoms with van der Waals surface area (Å²) in [5.41, 5.74) is 1.12. The summed E-state index contributed by atoms with van der Waals surface area (Å²) in [5.74, 6) is -0.0460. The first-order chi connectivity index (χ1) is 10.5. The van der Waals surface area contributed by atoms with Gasteiger partial charge in [0.2, 0.25) is 15.9 Å². The number of sulfonamides is 1. The molecule has 22 heavy (non-hydrogen) atoms. The van der Waals surface area contributed by atoms with E-state index >= 15 is 0 Å². The van der Waals surface area contributed by atoms with E-state index in [0.717, 1.165) is 21.8 Å². The largest absolute Gasteiger partial charge is 0.351 e. The fourth-order valence-corrected chi connectivity index (χ4v) is 4.01. The fraction of sp³-hybridized carbons (Fsp3) is 0.267. The van der Waals surface area contributed by atoms with Crippen LogP contribution >= 0.6 is 11.3 Å². The van der Waals surface area contributed by atoms with Crippen molar-refractivity contribution < 1.29 is 13.2 Å². The van der Waals surface area contributed by atoms with Gasteiger partial charge in [-0.15, -0.1) is 11.3 Å². The summed E-state index contributed by atoms with van der Waals surface area (Å²) < 4.78 is 25.8. The molecule has 1 aromatic carbocycles. The molecule has 0 fully saturated rings. The van der Waals surface area contributed by atoms with Crippen molar-refractivity contribution in [1.29, 1.82) is 0 Å². The van der Waals surface area contributed by atoms with Crippen LogP contribution in [-0.4, -0.2) is 21.4 Å². The van der Waals surface area contributed by atoms with Crippen LogP contribution in [0.1, 0.15) is 16.9 Å². The molecule has 0 aliphatic rings. The van der Waals surface area contributed by atoms with Crippen molar-refractivity contribution in [2.24, 2.45) is 0 Å². The molecule has 0 aliphatic heterocycles. The Balaban J connectivity index is 1.82. The van der Waals surface area contributed by atoms with Crippen molar-refractivity contribution >= 4 is 27.3 Å². The number of aryl methyl sites for hydroxylation is 1. The predicted molar refractivity (Wildman–Crippen MR) is 87.2 cm³/mol. The van der Waals surface area contributed by atoms with Crippen molar-refractivity contribution in [2.75, 3.05) is 7.05 Å². The minimum absolute atomic E-state index is 0.0460. The Morgan fingerprint density at radius 1 is 1.14 bits per heavy atom. The van der Waals surface area contributed by atoms with Gasteiger partial charge in [-0.25, -0.2) is 13.1 Å². The molecule has 118 valence electrons. The molecule has 1 heterocycles. The highest BCUT2D eigenvalue weighted by molar-refractivity contribution is 7.91. The lowest BCUT2D eigenvalue weighted by atomic mass is 10.1. The van der Waals surface area contributed by atoms with Gasteiger partial charge in [-0.3, -0.25) is 4.79 Å². The summed E-state index contributed by atoms with van der Waals surface area (Å²) in [6.07, 6.45) is 1.10. The molecule has 0 spiro atoms. The Hall–Kier alpha value is -1.70. The first-order valence-electron chi connectivity index (χ1n) is 6.84. The molecular weight excluding hydrogens is 320 g/mol. The summed E-state index contributed by atoms with van der Waals surface area (Å²) in [4.78, 5) is 12.6. The van der Waals surface area contributed by atoms with E-state index in [-0.39, 0.29) is 10.1 Å². The molecule has 2 aromatic rings. The van der Waals surface area contributed by atoms with Crippen molar-refractivity contribution in [1.82, 2.24) is 10.0 Å². The molecule has 0 atom stereocenters. The van der Waals surface area contributed by atoms with Gasteiger partial charge < -0.3 is 5.32 Å². The van der Waals surface area contributed by atoms with Crippen LogP contribution in [0.4, 0.5) is 0 Å². The molecule has 2 N–H and O–H groups in total. The minimum atomic E-state index is -3.41. The molecule has 7 heteroatoms. The van der Waals surface area contributed by atoms with Gasteiger partial charge in [0.25, 0.3) is 0 Å². The molecule has 1 amide bonds. The Morgan fingerprint density at radius 3 is 2.55 bits per heavy atom. The van der Waals surface area contributed by atoms with Gasteiger partial charge in [0, 0.05) is 11.3 Å². The van der Waals surface area contributed by atoms with Crippen LogP contribution in [0.3, 0.4) is 0 Å². The zero-order valence-corrected chi connectivity index (χ0v) is 13.8. The Morgan fingerprint density at radius 2 is 1.86 bits per heavy atom. The normalized spacial score (nSPS) is 11.3. The summed E-state index contributed by atoms with van der Waals surface area (Å²) in [7, 11) is -2.03. The lowest BCUT2D eigenvalue weighted by molar-refractivity contribution is -0.121. The van der Waals surface area contributed by atoms with Crippen LogP contribution < -0.4 is 10.0 Å². The standard InChI is InChI=1S/C15H18N2O3S2/c1-16-22(19,20)15-10-8-13(21-15)11-17-14(18)9-7-12-5-3-2-4-6-12/h2-6,8,10,16H,7,9,11H2,1H3,(H,17,18). The SMILES string of the molecule is CNS(=O)(=O)c1ccc(CNC(=O)CCc2ccccc2)s1. The van der Waals surface area contributed by atoms with Gasteiger partial charge in [0.05, 0.1) is 6.54 Å². The summed E-state index contributed by atoms with van der Waals surface area (Å²) in [6.45, 7) is 0.345. The van der Waals surface area contributed by atoms with Gasteiger partial charge in [-0.2, -0.15) is 0 Å². The number of hydrogen-bond acceptors (Lipinski definition) is 4. The van der Waals surface area contributed by atoms with Crippen molar-refractivity contribution in [3.8, 4) is 0 Å². The number of carbonyl (C=O) groups excluding carboxylic acids is 1. The third kappa shape index (κ3) is 4.66. The highest BCUT2D eigenvalue weighted by atomic mass is 32.2. The number of carbonyl (C=O) groups is 1. The topological polar surface area (TPSA) is 75.3 Å². The smallest absolute Gasteiger partial charge is 0.249 e. The zero-order valence-electron chi connectivity index (χ0n) is 12.2. The third-order valence-electron chi connectivity index (χ3n) is 3.11. The first-order valence-corrected chi connectivity index (χ1v) is 9.14. The maximum Gasteiger partial charge on any atom is 0.249 e. The van der Waals surface area contributed by atoms with E-state index in [1.165, 1.54) is 7.05 Å². The van der Waals surface area contributed by atoms with Crippen LogP contribution in [0, 0.1) is 0 Å². The summed E-state index contributed by atoms with van der Waals surface area (Å²) in [5, 5.41) is 2.81. The second-order valence-electron chi connectivity index (χ2n) is 4.69. The van der Waals surface area contributed by atoms with E-state index < -0.39 is 10.0 Å². The van der Waals surface area contributed by atoms with E-state index in [9.17, 15) is 13.2 Å². The van der Waals surface area contributed by atoms with Gasteiger partial charge in [-0.05, 0) is 31.2 Å². The van der Waals surface area contributed by atoms with Crippen LogP contribution in [0.15, 0.2) is 46.7 Å². The van der Waals surface area contributed by atoms with Crippen LogP contribution in [-0.2, 0) is 27.8 Å². The Labute approximate surface area is 134 Å². The molecule has 0 saturated carbocycles. The Kier molecular flexibility index (Phi) is 5.70. The van der Waals surface area contributed by atoms with E-state index in [1.807, 2.05) is 30.3 Å². The van der Waals surface area contributed by atoms with Crippen molar-refractivity contribution in [2.45, 2.75) is 23.6 Å². The van der Waals surface area contributed by atoms with Crippen molar-refractivity contribution in [3.63, 3.8) is 0 Å². The minimum Gasteiger partial charge on any atom is -0.351 e. The van der Waals surface area contributed by atoms with Crippen LogP contribution in [0.2, 0.25) is 0 Å².